The number of amides is 1. The Hall–Kier alpha value is -3.31. The summed E-state index contributed by atoms with van der Waals surface area (Å²) in [6.07, 6.45) is 0. The topological polar surface area (TPSA) is 42.0 Å². The smallest absolute Gasteiger partial charge is 0.237 e. The zero-order valence-electron chi connectivity index (χ0n) is 17.4. The first-order valence-corrected chi connectivity index (χ1v) is 10.0. The van der Waals surface area contributed by atoms with Crippen LogP contribution in [0.15, 0.2) is 72.8 Å². The van der Waals surface area contributed by atoms with Crippen LogP contribution in [-0.4, -0.2) is 43.1 Å². The number of fused-ring (bicyclic) bond motifs is 1. The molecule has 1 aliphatic rings. The highest BCUT2D eigenvalue weighted by atomic mass is 16.7. The summed E-state index contributed by atoms with van der Waals surface area (Å²) in [5.74, 6) is 1.57. The predicted octanol–water partition coefficient (Wildman–Crippen LogP) is 4.17. The Balaban J connectivity index is 1.51. The molecule has 0 fully saturated rings. The summed E-state index contributed by atoms with van der Waals surface area (Å²) in [4.78, 5) is 16.7. The largest absolute Gasteiger partial charge is 0.454 e. The first kappa shape index (κ1) is 20.0. The van der Waals surface area contributed by atoms with Gasteiger partial charge in [-0.2, -0.15) is 0 Å². The molecule has 5 heteroatoms. The molecule has 0 N–H and O–H groups in total. The molecule has 3 aromatic carbocycles. The van der Waals surface area contributed by atoms with Gasteiger partial charge in [-0.05, 0) is 48.5 Å². The predicted molar refractivity (Wildman–Crippen MR) is 117 cm³/mol. The lowest BCUT2D eigenvalue weighted by Gasteiger charge is -2.25. The van der Waals surface area contributed by atoms with Gasteiger partial charge in [0.05, 0.1) is 6.54 Å². The maximum Gasteiger partial charge on any atom is 0.237 e. The van der Waals surface area contributed by atoms with E-state index < -0.39 is 0 Å². The number of hydrogen-bond acceptors (Lipinski definition) is 4. The summed E-state index contributed by atoms with van der Waals surface area (Å²) < 4.78 is 10.9. The Labute approximate surface area is 177 Å². The lowest BCUT2D eigenvalue weighted by molar-refractivity contribution is -0.133. The molecule has 0 aromatic heterocycles. The van der Waals surface area contributed by atoms with Gasteiger partial charge in [0, 0.05) is 13.1 Å². The molecule has 5 nitrogen and oxygen atoms in total. The normalized spacial score (nSPS) is 12.2. The van der Waals surface area contributed by atoms with Crippen LogP contribution in [0.4, 0.5) is 0 Å². The van der Waals surface area contributed by atoms with Gasteiger partial charge < -0.3 is 19.3 Å². The molecule has 0 saturated heterocycles. The van der Waals surface area contributed by atoms with E-state index in [0.717, 1.165) is 22.6 Å². The van der Waals surface area contributed by atoms with E-state index in [9.17, 15) is 4.79 Å². The van der Waals surface area contributed by atoms with Crippen LogP contribution in [0.25, 0.3) is 11.1 Å². The lowest BCUT2D eigenvalue weighted by Crippen LogP contribution is -2.37. The van der Waals surface area contributed by atoms with E-state index in [0.29, 0.717) is 19.6 Å². The van der Waals surface area contributed by atoms with Gasteiger partial charge in [0.15, 0.2) is 11.5 Å². The number of hydrogen-bond donors (Lipinski definition) is 0. The molecule has 30 heavy (non-hydrogen) atoms. The summed E-state index contributed by atoms with van der Waals surface area (Å²) in [6.45, 7) is 1.68. The van der Waals surface area contributed by atoms with Crippen LogP contribution in [0, 0.1) is 0 Å². The first-order chi connectivity index (χ1) is 14.6. The van der Waals surface area contributed by atoms with Crippen LogP contribution in [0.1, 0.15) is 11.1 Å². The summed E-state index contributed by atoms with van der Waals surface area (Å²) in [6, 6.07) is 24.5. The van der Waals surface area contributed by atoms with Gasteiger partial charge in [0.1, 0.15) is 0 Å². The van der Waals surface area contributed by atoms with Gasteiger partial charge in [-0.3, -0.25) is 4.79 Å². The second kappa shape index (κ2) is 9.01. The average Bonchev–Trinajstić information content (AvgIpc) is 3.22. The average molecular weight is 402 g/mol. The molecule has 0 aliphatic carbocycles. The van der Waals surface area contributed by atoms with Crippen molar-refractivity contribution < 1.29 is 14.3 Å². The van der Waals surface area contributed by atoms with Crippen LogP contribution in [0.5, 0.6) is 11.5 Å². The maximum atomic E-state index is 12.9. The molecule has 1 amide bonds. The molecule has 4 rings (SSSR count). The van der Waals surface area contributed by atoms with Crippen molar-refractivity contribution in [3.8, 4) is 22.6 Å². The molecule has 0 spiro atoms. The van der Waals surface area contributed by atoms with Gasteiger partial charge in [-0.1, -0.05) is 60.7 Å². The van der Waals surface area contributed by atoms with Gasteiger partial charge in [0.25, 0.3) is 0 Å². The minimum atomic E-state index is 0.0878. The number of ether oxygens (including phenoxy) is 2. The molecule has 1 heterocycles. The quantitative estimate of drug-likeness (QED) is 0.595. The van der Waals surface area contributed by atoms with Crippen molar-refractivity contribution in [2.45, 2.75) is 13.1 Å². The number of carbonyl (C=O) groups excluding carboxylic acids is 1. The molecule has 3 aromatic rings. The monoisotopic (exact) mass is 402 g/mol. The van der Waals surface area contributed by atoms with E-state index in [1.807, 2.05) is 60.3 Å². The van der Waals surface area contributed by atoms with Crippen molar-refractivity contribution in [1.29, 1.82) is 0 Å². The van der Waals surface area contributed by atoms with E-state index in [1.165, 1.54) is 11.1 Å². The SMILES string of the molecule is CN(C)CC(=O)N(Cc1ccc(-c2ccccc2)cc1)Cc1ccc2c(c1)OCO2. The second-order valence-corrected chi connectivity index (χ2v) is 7.74. The Morgan fingerprint density at radius 2 is 1.43 bits per heavy atom. The molecule has 0 bridgehead atoms. The fraction of sp³-hybridized carbons (Fsp3) is 0.240. The molecule has 1 aliphatic heterocycles. The van der Waals surface area contributed by atoms with E-state index in [4.69, 9.17) is 9.47 Å². The minimum absolute atomic E-state index is 0.0878. The van der Waals surface area contributed by atoms with Gasteiger partial charge in [-0.25, -0.2) is 0 Å². The molecule has 0 saturated carbocycles. The number of likely N-dealkylation sites (N-methyl/N-ethyl adjacent to an activating group) is 1. The molecular formula is C25H26N2O3. The van der Waals surface area contributed by atoms with Crippen LogP contribution < -0.4 is 9.47 Å². The highest BCUT2D eigenvalue weighted by Crippen LogP contribution is 2.33. The highest BCUT2D eigenvalue weighted by Gasteiger charge is 2.18. The number of rotatable bonds is 7. The second-order valence-electron chi connectivity index (χ2n) is 7.74. The van der Waals surface area contributed by atoms with Crippen molar-refractivity contribution in [3.63, 3.8) is 0 Å². The van der Waals surface area contributed by atoms with Crippen molar-refractivity contribution >= 4 is 5.91 Å². The Morgan fingerprint density at radius 1 is 0.800 bits per heavy atom. The summed E-state index contributed by atoms with van der Waals surface area (Å²) in [5.41, 5.74) is 4.47. The van der Waals surface area contributed by atoms with Crippen molar-refractivity contribution in [1.82, 2.24) is 9.80 Å². The Morgan fingerprint density at radius 3 is 2.17 bits per heavy atom. The Kier molecular flexibility index (Phi) is 6.00. The molecule has 0 atom stereocenters. The third-order valence-electron chi connectivity index (χ3n) is 5.05. The summed E-state index contributed by atoms with van der Waals surface area (Å²) in [7, 11) is 3.82. The van der Waals surface area contributed by atoms with E-state index in [2.05, 4.69) is 36.4 Å². The third-order valence-corrected chi connectivity index (χ3v) is 5.05. The van der Waals surface area contributed by atoms with Crippen LogP contribution in [-0.2, 0) is 17.9 Å². The number of nitrogens with zero attached hydrogens (tertiary/aromatic N) is 2. The highest BCUT2D eigenvalue weighted by molar-refractivity contribution is 5.78. The Bertz CT molecular complexity index is 1000. The van der Waals surface area contributed by atoms with Crippen LogP contribution in [0.2, 0.25) is 0 Å². The maximum absolute atomic E-state index is 12.9. The van der Waals surface area contributed by atoms with Crippen LogP contribution in [0.3, 0.4) is 0 Å². The van der Waals surface area contributed by atoms with Crippen LogP contribution >= 0.6 is 0 Å². The molecular weight excluding hydrogens is 376 g/mol. The molecule has 0 unspecified atom stereocenters. The molecule has 0 radical (unpaired) electrons. The fourth-order valence-electron chi connectivity index (χ4n) is 3.52. The summed E-state index contributed by atoms with van der Waals surface area (Å²) in [5, 5.41) is 0. The van der Waals surface area contributed by atoms with Crippen molar-refractivity contribution in [2.75, 3.05) is 27.4 Å². The number of benzene rings is 3. The third kappa shape index (κ3) is 4.81. The standard InChI is InChI=1S/C25H26N2O3/c1-26(2)17-25(28)27(16-20-10-13-23-24(14-20)30-18-29-23)15-19-8-11-22(12-9-19)21-6-4-3-5-7-21/h3-14H,15-18H2,1-2H3. The summed E-state index contributed by atoms with van der Waals surface area (Å²) >= 11 is 0. The van der Waals surface area contributed by atoms with Gasteiger partial charge >= 0.3 is 0 Å². The van der Waals surface area contributed by atoms with Crippen molar-refractivity contribution in [2.24, 2.45) is 0 Å². The van der Waals surface area contributed by atoms with E-state index in [-0.39, 0.29) is 12.7 Å². The zero-order chi connectivity index (χ0) is 20.9. The fourth-order valence-corrected chi connectivity index (χ4v) is 3.52. The van der Waals surface area contributed by atoms with E-state index >= 15 is 0 Å². The first-order valence-electron chi connectivity index (χ1n) is 10.0. The van der Waals surface area contributed by atoms with Crippen molar-refractivity contribution in [3.05, 3.63) is 83.9 Å². The van der Waals surface area contributed by atoms with E-state index in [1.54, 1.807) is 0 Å². The molecule has 154 valence electrons. The lowest BCUT2D eigenvalue weighted by atomic mass is 10.0. The number of carbonyl (C=O) groups is 1. The van der Waals surface area contributed by atoms with Gasteiger partial charge in [0.2, 0.25) is 12.7 Å². The zero-order valence-corrected chi connectivity index (χ0v) is 17.4. The minimum Gasteiger partial charge on any atom is -0.454 e. The van der Waals surface area contributed by atoms with Gasteiger partial charge in [-0.15, -0.1) is 0 Å².